The Labute approximate surface area is 201 Å². The number of nitrogens with one attached hydrogen (secondary N) is 1. The van der Waals surface area contributed by atoms with Gasteiger partial charge in [-0.3, -0.25) is 4.79 Å². The highest BCUT2D eigenvalue weighted by Crippen LogP contribution is 2.32. The van der Waals surface area contributed by atoms with Crippen molar-refractivity contribution in [3.05, 3.63) is 80.0 Å². The highest BCUT2D eigenvalue weighted by molar-refractivity contribution is 9.10. The standard InChI is InChI=1S/C24H25BrClN3OS/c1-14-7-6-8-15(2)23(14)29-16(3)21(22(25)17(29)4)13-27-28-24(30)18(5)31-20-11-9-19(26)10-12-20/h6-13,18H,1-5H3,(H,28,30)/b27-13-/t18-/m0/s1. The van der Waals surface area contributed by atoms with Crippen molar-refractivity contribution in [2.45, 2.75) is 44.8 Å². The van der Waals surface area contributed by atoms with Gasteiger partial charge in [0.15, 0.2) is 0 Å². The van der Waals surface area contributed by atoms with Crippen LogP contribution in [-0.2, 0) is 4.79 Å². The molecule has 1 atom stereocenters. The number of nitrogens with zero attached hydrogens (tertiary/aromatic N) is 2. The van der Waals surface area contributed by atoms with Gasteiger partial charge in [0.2, 0.25) is 0 Å². The molecule has 0 saturated carbocycles. The van der Waals surface area contributed by atoms with E-state index in [1.807, 2.05) is 31.2 Å². The number of hydrazone groups is 1. The number of carbonyl (C=O) groups excluding carboxylic acids is 1. The van der Waals surface area contributed by atoms with Crippen molar-refractivity contribution in [3.63, 3.8) is 0 Å². The molecule has 0 aliphatic carbocycles. The zero-order chi connectivity index (χ0) is 22.7. The second-order valence-electron chi connectivity index (χ2n) is 7.42. The molecule has 3 rings (SSSR count). The lowest BCUT2D eigenvalue weighted by Crippen LogP contribution is -2.26. The topological polar surface area (TPSA) is 46.4 Å². The molecule has 0 saturated heterocycles. The SMILES string of the molecule is Cc1cccc(C)c1-n1c(C)c(Br)c(/C=N\NC(=O)[C@H](C)Sc2ccc(Cl)cc2)c1C. The van der Waals surface area contributed by atoms with Crippen molar-refractivity contribution in [1.29, 1.82) is 0 Å². The molecule has 4 nitrogen and oxygen atoms in total. The summed E-state index contributed by atoms with van der Waals surface area (Å²) in [5.41, 5.74) is 9.35. The monoisotopic (exact) mass is 517 g/mol. The van der Waals surface area contributed by atoms with Crippen molar-refractivity contribution in [1.82, 2.24) is 9.99 Å². The minimum atomic E-state index is -0.288. The number of halogens is 2. The Hall–Kier alpha value is -2.02. The van der Waals surface area contributed by atoms with E-state index in [1.54, 1.807) is 6.21 Å². The summed E-state index contributed by atoms with van der Waals surface area (Å²) < 4.78 is 3.20. The van der Waals surface area contributed by atoms with E-state index >= 15 is 0 Å². The predicted octanol–water partition coefficient (Wildman–Crippen LogP) is 6.76. The molecule has 1 N–H and O–H groups in total. The fraction of sp³-hybridized carbons (Fsp3) is 0.250. The number of aromatic nitrogens is 1. The van der Waals surface area contributed by atoms with Crippen molar-refractivity contribution in [2.24, 2.45) is 5.10 Å². The summed E-state index contributed by atoms with van der Waals surface area (Å²) in [4.78, 5) is 13.5. The van der Waals surface area contributed by atoms with Crippen LogP contribution in [0.1, 0.15) is 35.0 Å². The van der Waals surface area contributed by atoms with E-state index in [9.17, 15) is 4.79 Å². The van der Waals surface area contributed by atoms with Crippen LogP contribution >= 0.6 is 39.3 Å². The second-order valence-corrected chi connectivity index (χ2v) is 10.1. The van der Waals surface area contributed by atoms with Crippen molar-refractivity contribution in [3.8, 4) is 5.69 Å². The van der Waals surface area contributed by atoms with Crippen LogP contribution in [0.2, 0.25) is 5.02 Å². The average Bonchev–Trinajstić information content (AvgIpc) is 2.93. The second kappa shape index (κ2) is 10.1. The Bertz CT molecular complexity index is 1120. The first-order valence-corrected chi connectivity index (χ1v) is 11.9. The van der Waals surface area contributed by atoms with Gasteiger partial charge in [0.25, 0.3) is 5.91 Å². The van der Waals surface area contributed by atoms with E-state index in [2.05, 4.69) is 76.9 Å². The minimum Gasteiger partial charge on any atom is -0.316 e. The highest BCUT2D eigenvalue weighted by atomic mass is 79.9. The van der Waals surface area contributed by atoms with Crippen LogP contribution in [0.25, 0.3) is 5.69 Å². The van der Waals surface area contributed by atoms with E-state index in [-0.39, 0.29) is 11.2 Å². The van der Waals surface area contributed by atoms with Gasteiger partial charge in [-0.15, -0.1) is 11.8 Å². The molecule has 3 aromatic rings. The lowest BCUT2D eigenvalue weighted by molar-refractivity contribution is -0.120. The maximum Gasteiger partial charge on any atom is 0.253 e. The largest absolute Gasteiger partial charge is 0.316 e. The average molecular weight is 519 g/mol. The zero-order valence-electron chi connectivity index (χ0n) is 18.2. The summed E-state index contributed by atoms with van der Waals surface area (Å²) in [7, 11) is 0. The van der Waals surface area contributed by atoms with Gasteiger partial charge in [0, 0.05) is 31.3 Å². The van der Waals surface area contributed by atoms with Crippen LogP contribution in [-0.4, -0.2) is 21.9 Å². The number of hydrogen-bond acceptors (Lipinski definition) is 3. The molecule has 0 fully saturated rings. The molecule has 7 heteroatoms. The van der Waals surface area contributed by atoms with Crippen molar-refractivity contribution in [2.75, 3.05) is 0 Å². The summed E-state index contributed by atoms with van der Waals surface area (Å²) in [6, 6.07) is 13.7. The third kappa shape index (κ3) is 5.25. The summed E-state index contributed by atoms with van der Waals surface area (Å²) in [6.07, 6.45) is 1.70. The molecule has 1 amide bonds. The van der Waals surface area contributed by atoms with Crippen LogP contribution in [0.5, 0.6) is 0 Å². The normalized spacial score (nSPS) is 12.4. The van der Waals surface area contributed by atoms with Crippen LogP contribution in [0.3, 0.4) is 0 Å². The number of carbonyl (C=O) groups is 1. The van der Waals surface area contributed by atoms with Gasteiger partial charge in [0.1, 0.15) is 0 Å². The summed E-state index contributed by atoms with van der Waals surface area (Å²) >= 11 is 11.1. The van der Waals surface area contributed by atoms with Crippen molar-refractivity contribution < 1.29 is 4.79 Å². The lowest BCUT2D eigenvalue weighted by atomic mass is 10.1. The molecule has 1 aromatic heterocycles. The molecule has 0 radical (unpaired) electrons. The molecule has 2 aromatic carbocycles. The molecule has 0 aliphatic rings. The number of benzene rings is 2. The number of aryl methyl sites for hydroxylation is 2. The smallest absolute Gasteiger partial charge is 0.253 e. The number of amides is 1. The Kier molecular flexibility index (Phi) is 7.68. The maximum atomic E-state index is 12.5. The molecule has 0 bridgehead atoms. The van der Waals surface area contributed by atoms with Crippen LogP contribution < -0.4 is 5.43 Å². The molecule has 31 heavy (non-hydrogen) atoms. The fourth-order valence-corrected chi connectivity index (χ4v) is 5.04. The maximum absolute atomic E-state index is 12.5. The zero-order valence-corrected chi connectivity index (χ0v) is 21.3. The summed E-state index contributed by atoms with van der Waals surface area (Å²) in [5.74, 6) is -0.157. The Balaban J connectivity index is 1.77. The van der Waals surface area contributed by atoms with Crippen molar-refractivity contribution >= 4 is 51.4 Å². The summed E-state index contributed by atoms with van der Waals surface area (Å²) in [6.45, 7) is 10.2. The van der Waals surface area contributed by atoms with E-state index in [0.717, 1.165) is 26.3 Å². The third-order valence-electron chi connectivity index (χ3n) is 5.14. The van der Waals surface area contributed by atoms with Crippen LogP contribution in [0, 0.1) is 27.7 Å². The van der Waals surface area contributed by atoms with Gasteiger partial charge >= 0.3 is 0 Å². The Morgan fingerprint density at radius 2 is 1.71 bits per heavy atom. The number of rotatable bonds is 6. The first kappa shape index (κ1) is 23.6. The molecule has 162 valence electrons. The van der Waals surface area contributed by atoms with E-state index in [0.29, 0.717) is 5.02 Å². The Morgan fingerprint density at radius 3 is 2.32 bits per heavy atom. The lowest BCUT2D eigenvalue weighted by Gasteiger charge is -2.15. The number of hydrogen-bond donors (Lipinski definition) is 1. The predicted molar refractivity (Wildman–Crippen MR) is 135 cm³/mol. The molecule has 0 unspecified atom stereocenters. The van der Waals surface area contributed by atoms with E-state index < -0.39 is 0 Å². The Morgan fingerprint density at radius 1 is 1.10 bits per heavy atom. The van der Waals surface area contributed by atoms with Gasteiger partial charge in [-0.1, -0.05) is 29.8 Å². The first-order valence-electron chi connectivity index (χ1n) is 9.89. The van der Waals surface area contributed by atoms with Gasteiger partial charge in [0.05, 0.1) is 17.2 Å². The highest BCUT2D eigenvalue weighted by Gasteiger charge is 2.18. The molecular formula is C24H25BrClN3OS. The van der Waals surface area contributed by atoms with Gasteiger partial charge in [-0.05, 0) is 85.9 Å². The van der Waals surface area contributed by atoms with Crippen LogP contribution in [0.4, 0.5) is 0 Å². The minimum absolute atomic E-state index is 0.157. The third-order valence-corrected chi connectivity index (χ3v) is 7.51. The first-order chi connectivity index (χ1) is 14.7. The molecular weight excluding hydrogens is 494 g/mol. The number of thioether (sulfide) groups is 1. The quantitative estimate of drug-likeness (QED) is 0.223. The van der Waals surface area contributed by atoms with E-state index in [4.69, 9.17) is 11.6 Å². The molecule has 1 heterocycles. The van der Waals surface area contributed by atoms with Gasteiger partial charge in [-0.25, -0.2) is 5.43 Å². The molecule has 0 spiro atoms. The fourth-order valence-electron chi connectivity index (χ4n) is 3.49. The molecule has 0 aliphatic heterocycles. The van der Waals surface area contributed by atoms with Gasteiger partial charge in [-0.2, -0.15) is 5.10 Å². The van der Waals surface area contributed by atoms with E-state index in [1.165, 1.54) is 28.6 Å². The number of para-hydroxylation sites is 1. The van der Waals surface area contributed by atoms with Crippen LogP contribution in [0.15, 0.2) is 56.9 Å². The summed E-state index contributed by atoms with van der Waals surface area (Å²) in [5, 5.41) is 4.62. The van der Waals surface area contributed by atoms with Gasteiger partial charge < -0.3 is 4.57 Å².